The fourth-order valence-electron chi connectivity index (χ4n) is 1.71. The van der Waals surface area contributed by atoms with Crippen LogP contribution in [0.2, 0.25) is 0 Å². The van der Waals surface area contributed by atoms with Gasteiger partial charge in [0, 0.05) is 23.2 Å². The first kappa shape index (κ1) is 11.2. The van der Waals surface area contributed by atoms with Gasteiger partial charge >= 0.3 is 0 Å². The Morgan fingerprint density at radius 2 is 2.00 bits per heavy atom. The van der Waals surface area contributed by atoms with Crippen LogP contribution in [0.15, 0.2) is 22.7 Å². The van der Waals surface area contributed by atoms with Crippen LogP contribution in [0.3, 0.4) is 0 Å². The molecule has 2 N–H and O–H groups in total. The van der Waals surface area contributed by atoms with Gasteiger partial charge in [0.15, 0.2) is 0 Å². The van der Waals surface area contributed by atoms with Crippen LogP contribution in [0.5, 0.6) is 0 Å². The van der Waals surface area contributed by atoms with Gasteiger partial charge in [0.25, 0.3) is 0 Å². The first-order valence-electron chi connectivity index (χ1n) is 5.06. The molecule has 2 rings (SSSR count). The zero-order chi connectivity index (χ0) is 11.9. The van der Waals surface area contributed by atoms with E-state index < -0.39 is 0 Å². The molecule has 0 bridgehead atoms. The number of hydrogen-bond acceptors (Lipinski definition) is 2. The molecule has 1 aromatic carbocycles. The third kappa shape index (κ3) is 1.73. The smallest absolute Gasteiger partial charge is 0.121 e. The molecule has 0 aliphatic heterocycles. The second-order valence-electron chi connectivity index (χ2n) is 3.95. The highest BCUT2D eigenvalue weighted by molar-refractivity contribution is 9.10. The summed E-state index contributed by atoms with van der Waals surface area (Å²) in [5, 5.41) is 4.38. The summed E-state index contributed by atoms with van der Waals surface area (Å²) in [6.45, 7) is 4.16. The molecule has 0 fully saturated rings. The van der Waals surface area contributed by atoms with Crippen LogP contribution in [0.25, 0.3) is 11.3 Å². The Balaban J connectivity index is 2.61. The molecule has 3 nitrogen and oxygen atoms in total. The molecule has 0 unspecified atom stereocenters. The molecule has 0 aliphatic carbocycles. The van der Waals surface area contributed by atoms with Crippen molar-refractivity contribution in [2.75, 3.05) is 5.73 Å². The number of nitrogen functional groups attached to an aromatic ring is 1. The van der Waals surface area contributed by atoms with E-state index in [2.05, 4.69) is 47.0 Å². The fourth-order valence-corrected chi connectivity index (χ4v) is 2.06. The number of hydrogen-bond donors (Lipinski definition) is 1. The van der Waals surface area contributed by atoms with Crippen LogP contribution in [0.4, 0.5) is 5.82 Å². The first-order valence-corrected chi connectivity index (χ1v) is 5.85. The third-order valence-electron chi connectivity index (χ3n) is 2.77. The van der Waals surface area contributed by atoms with Crippen molar-refractivity contribution in [3.63, 3.8) is 0 Å². The second kappa shape index (κ2) is 3.94. The average Bonchev–Trinajstić information content (AvgIpc) is 2.56. The molecule has 0 radical (unpaired) electrons. The van der Waals surface area contributed by atoms with Crippen LogP contribution in [-0.2, 0) is 7.05 Å². The van der Waals surface area contributed by atoms with Crippen LogP contribution < -0.4 is 5.73 Å². The fraction of sp³-hybridized carbons (Fsp3) is 0.250. The maximum Gasteiger partial charge on any atom is 0.121 e. The molecule has 1 aromatic heterocycles. The van der Waals surface area contributed by atoms with E-state index in [4.69, 9.17) is 5.73 Å². The molecule has 84 valence electrons. The maximum atomic E-state index is 5.78. The van der Waals surface area contributed by atoms with Gasteiger partial charge in [0.05, 0.1) is 5.69 Å². The van der Waals surface area contributed by atoms with Crippen LogP contribution in [0.1, 0.15) is 11.1 Å². The molecule has 0 aliphatic rings. The highest BCUT2D eigenvalue weighted by Gasteiger charge is 2.10. The van der Waals surface area contributed by atoms with E-state index in [0.29, 0.717) is 5.82 Å². The van der Waals surface area contributed by atoms with Gasteiger partial charge < -0.3 is 5.73 Å². The second-order valence-corrected chi connectivity index (χ2v) is 4.74. The highest BCUT2D eigenvalue weighted by Crippen LogP contribution is 2.30. The quantitative estimate of drug-likeness (QED) is 0.872. The number of nitrogens with zero attached hydrogens (tertiary/aromatic N) is 2. The van der Waals surface area contributed by atoms with Crippen molar-refractivity contribution in [1.29, 1.82) is 0 Å². The van der Waals surface area contributed by atoms with Crippen molar-refractivity contribution >= 4 is 21.7 Å². The normalized spacial score (nSPS) is 10.8. The predicted octanol–water partition coefficient (Wildman–Crippen LogP) is 3.05. The largest absolute Gasteiger partial charge is 0.384 e. The van der Waals surface area contributed by atoms with E-state index in [1.807, 2.05) is 13.1 Å². The molecule has 0 saturated carbocycles. The minimum absolute atomic E-state index is 0.672. The van der Waals surface area contributed by atoms with E-state index in [-0.39, 0.29) is 0 Å². The molecular weight excluding hydrogens is 266 g/mol. The van der Waals surface area contributed by atoms with E-state index in [9.17, 15) is 0 Å². The molecule has 1 heterocycles. The van der Waals surface area contributed by atoms with Gasteiger partial charge in [-0.1, -0.05) is 28.1 Å². The number of aromatic nitrogens is 2. The van der Waals surface area contributed by atoms with E-state index >= 15 is 0 Å². The number of anilines is 1. The van der Waals surface area contributed by atoms with Gasteiger partial charge in [-0.2, -0.15) is 5.10 Å². The number of rotatable bonds is 1. The summed E-state index contributed by atoms with van der Waals surface area (Å²) >= 11 is 3.59. The minimum Gasteiger partial charge on any atom is -0.384 e. The van der Waals surface area contributed by atoms with Crippen molar-refractivity contribution in [2.24, 2.45) is 7.05 Å². The summed E-state index contributed by atoms with van der Waals surface area (Å²) < 4.78 is 2.82. The van der Waals surface area contributed by atoms with Crippen LogP contribution in [0, 0.1) is 13.8 Å². The first-order chi connectivity index (χ1) is 7.50. The Bertz CT molecular complexity index is 524. The van der Waals surface area contributed by atoms with Crippen LogP contribution >= 0.6 is 15.9 Å². The lowest BCUT2D eigenvalue weighted by atomic mass is 10.0. The van der Waals surface area contributed by atoms with Gasteiger partial charge in [-0.15, -0.1) is 0 Å². The van der Waals surface area contributed by atoms with E-state index in [1.165, 1.54) is 11.1 Å². The zero-order valence-electron chi connectivity index (χ0n) is 9.58. The standard InChI is InChI=1S/C12H14BrN3/c1-7-4-5-9(8(2)12(7)13)10-6-11(14)16(3)15-10/h4-6H,14H2,1-3H3. The number of halogens is 1. The predicted molar refractivity (Wildman–Crippen MR) is 70.2 cm³/mol. The SMILES string of the molecule is Cc1ccc(-c2cc(N)n(C)n2)c(C)c1Br. The van der Waals surface area contributed by atoms with Crippen molar-refractivity contribution < 1.29 is 0 Å². The number of nitrogens with two attached hydrogens (primary N) is 1. The lowest BCUT2D eigenvalue weighted by molar-refractivity contribution is 0.782. The Morgan fingerprint density at radius 3 is 2.56 bits per heavy atom. The highest BCUT2D eigenvalue weighted by atomic mass is 79.9. The molecule has 0 atom stereocenters. The zero-order valence-corrected chi connectivity index (χ0v) is 11.2. The summed E-state index contributed by atoms with van der Waals surface area (Å²) in [6, 6.07) is 6.05. The average molecular weight is 280 g/mol. The molecule has 4 heteroatoms. The van der Waals surface area contributed by atoms with Crippen molar-refractivity contribution in [3.05, 3.63) is 33.8 Å². The topological polar surface area (TPSA) is 43.8 Å². The van der Waals surface area contributed by atoms with Crippen LogP contribution in [-0.4, -0.2) is 9.78 Å². The summed E-state index contributed by atoms with van der Waals surface area (Å²) in [5.41, 5.74) is 10.2. The van der Waals surface area contributed by atoms with Gasteiger partial charge in [-0.3, -0.25) is 4.68 Å². The molecule has 0 spiro atoms. The third-order valence-corrected chi connectivity index (χ3v) is 3.99. The van der Waals surface area contributed by atoms with Gasteiger partial charge in [-0.25, -0.2) is 0 Å². The molecular formula is C12H14BrN3. The molecule has 0 saturated heterocycles. The monoisotopic (exact) mass is 279 g/mol. The number of benzene rings is 1. The lowest BCUT2D eigenvalue weighted by Crippen LogP contribution is -1.96. The van der Waals surface area contributed by atoms with Gasteiger partial charge in [0.1, 0.15) is 5.82 Å². The van der Waals surface area contributed by atoms with E-state index in [0.717, 1.165) is 15.7 Å². The van der Waals surface area contributed by atoms with Crippen molar-refractivity contribution in [3.8, 4) is 11.3 Å². The molecule has 0 amide bonds. The Labute approximate surface area is 103 Å². The summed E-state index contributed by atoms with van der Waals surface area (Å²) in [6.07, 6.45) is 0. The lowest BCUT2D eigenvalue weighted by Gasteiger charge is -2.07. The van der Waals surface area contributed by atoms with E-state index in [1.54, 1.807) is 4.68 Å². The van der Waals surface area contributed by atoms with Gasteiger partial charge in [0.2, 0.25) is 0 Å². The Morgan fingerprint density at radius 1 is 1.31 bits per heavy atom. The summed E-state index contributed by atoms with van der Waals surface area (Å²) in [7, 11) is 1.84. The Kier molecular flexibility index (Phi) is 2.76. The summed E-state index contributed by atoms with van der Waals surface area (Å²) in [4.78, 5) is 0. The molecule has 2 aromatic rings. The summed E-state index contributed by atoms with van der Waals surface area (Å²) in [5.74, 6) is 0.672. The maximum absolute atomic E-state index is 5.78. The van der Waals surface area contributed by atoms with Crippen molar-refractivity contribution in [2.45, 2.75) is 13.8 Å². The minimum atomic E-state index is 0.672. The van der Waals surface area contributed by atoms with Gasteiger partial charge in [-0.05, 0) is 25.0 Å². The van der Waals surface area contributed by atoms with Crippen molar-refractivity contribution in [1.82, 2.24) is 9.78 Å². The Hall–Kier alpha value is -1.29. The molecule has 16 heavy (non-hydrogen) atoms. The number of aryl methyl sites for hydroxylation is 2.